The third-order valence-corrected chi connectivity index (χ3v) is 3.11. The molecular weight excluding hydrogens is 258 g/mol. The summed E-state index contributed by atoms with van der Waals surface area (Å²) in [6.45, 7) is 4.08. The summed E-state index contributed by atoms with van der Waals surface area (Å²) in [6, 6.07) is 3.39. The number of methoxy groups -OCH3 is 1. The van der Waals surface area contributed by atoms with Gasteiger partial charge in [0.2, 0.25) is 0 Å². The summed E-state index contributed by atoms with van der Waals surface area (Å²) in [7, 11) is 1.33. The monoisotopic (exact) mass is 273 g/mol. The molecule has 0 N–H and O–H groups in total. The van der Waals surface area contributed by atoms with Crippen LogP contribution in [0.4, 0.5) is 0 Å². The van der Waals surface area contributed by atoms with Crippen molar-refractivity contribution in [2.45, 2.75) is 20.4 Å². The topological polar surface area (TPSA) is 74.1 Å². The number of carbonyl (C=O) groups is 2. The first-order valence-electron chi connectivity index (χ1n) is 6.09. The Hall–Kier alpha value is -2.50. The maximum Gasteiger partial charge on any atom is 0.339 e. The second-order valence-electron chi connectivity index (χ2n) is 4.39. The van der Waals surface area contributed by atoms with Crippen LogP contribution >= 0.6 is 0 Å². The second kappa shape index (κ2) is 5.64. The van der Waals surface area contributed by atoms with Crippen molar-refractivity contribution >= 4 is 12.3 Å². The van der Waals surface area contributed by atoms with Gasteiger partial charge >= 0.3 is 5.97 Å². The predicted octanol–water partition coefficient (Wildman–Crippen LogP) is 1.54. The Morgan fingerprint density at radius 1 is 1.40 bits per heavy atom. The van der Waals surface area contributed by atoms with E-state index >= 15 is 0 Å². The minimum Gasteiger partial charge on any atom is -0.465 e. The van der Waals surface area contributed by atoms with Crippen LogP contribution in [0.25, 0.3) is 0 Å². The summed E-state index contributed by atoms with van der Waals surface area (Å²) >= 11 is 0. The lowest BCUT2D eigenvalue weighted by Crippen LogP contribution is -2.07. The van der Waals surface area contributed by atoms with Crippen LogP contribution in [0.2, 0.25) is 0 Å². The Morgan fingerprint density at radius 3 is 2.65 bits per heavy atom. The van der Waals surface area contributed by atoms with Gasteiger partial charge in [0.15, 0.2) is 6.29 Å². The van der Waals surface area contributed by atoms with Gasteiger partial charge in [-0.1, -0.05) is 0 Å². The zero-order valence-corrected chi connectivity index (χ0v) is 11.6. The van der Waals surface area contributed by atoms with E-state index in [-0.39, 0.29) is 0 Å². The summed E-state index contributed by atoms with van der Waals surface area (Å²) in [6.07, 6.45) is 2.27. The largest absolute Gasteiger partial charge is 0.465 e. The average molecular weight is 273 g/mol. The Morgan fingerprint density at radius 2 is 2.15 bits per heavy atom. The summed E-state index contributed by atoms with van der Waals surface area (Å²) in [5, 5.41) is 4.30. The van der Waals surface area contributed by atoms with Crippen molar-refractivity contribution in [1.82, 2.24) is 14.8 Å². The summed E-state index contributed by atoms with van der Waals surface area (Å²) in [5.41, 5.74) is 3.26. The van der Waals surface area contributed by atoms with Crippen LogP contribution in [0.5, 0.6) is 0 Å². The first kappa shape index (κ1) is 13.9. The third-order valence-electron chi connectivity index (χ3n) is 3.11. The molecule has 0 aliphatic rings. The van der Waals surface area contributed by atoms with Crippen LogP contribution in [0, 0.1) is 13.8 Å². The summed E-state index contributed by atoms with van der Waals surface area (Å²) in [4.78, 5) is 26.5. The molecule has 0 atom stereocenters. The number of hydrogen-bond acceptors (Lipinski definition) is 5. The summed E-state index contributed by atoms with van der Waals surface area (Å²) < 4.78 is 6.33. The van der Waals surface area contributed by atoms with Crippen LogP contribution in [-0.2, 0) is 11.3 Å². The Balaban J connectivity index is 2.22. The molecule has 2 aromatic heterocycles. The van der Waals surface area contributed by atoms with Crippen LogP contribution in [0.3, 0.4) is 0 Å². The lowest BCUT2D eigenvalue weighted by atomic mass is 10.2. The number of aromatic nitrogens is 3. The zero-order valence-electron chi connectivity index (χ0n) is 11.6. The molecule has 2 heterocycles. The smallest absolute Gasteiger partial charge is 0.339 e. The van der Waals surface area contributed by atoms with Crippen LogP contribution in [0.1, 0.15) is 37.8 Å². The van der Waals surface area contributed by atoms with E-state index in [1.165, 1.54) is 13.3 Å². The lowest BCUT2D eigenvalue weighted by molar-refractivity contribution is 0.0600. The highest BCUT2D eigenvalue weighted by atomic mass is 16.5. The molecular formula is C14H15N3O3. The van der Waals surface area contributed by atoms with Crippen molar-refractivity contribution in [2.75, 3.05) is 7.11 Å². The first-order chi connectivity index (χ1) is 9.56. The van der Waals surface area contributed by atoms with Gasteiger partial charge in [0, 0.05) is 11.9 Å². The molecule has 104 valence electrons. The van der Waals surface area contributed by atoms with Gasteiger partial charge in [-0.25, -0.2) is 4.79 Å². The third kappa shape index (κ3) is 2.59. The number of ether oxygens (including phenoxy) is 1. The number of carbonyl (C=O) groups excluding carboxylic acids is 2. The van der Waals surface area contributed by atoms with E-state index < -0.39 is 5.97 Å². The molecule has 2 aromatic rings. The molecule has 0 aliphatic heterocycles. The Labute approximate surface area is 116 Å². The fraction of sp³-hybridized carbons (Fsp3) is 0.286. The first-order valence-corrected chi connectivity index (χ1v) is 6.09. The Bertz CT molecular complexity index is 644. The van der Waals surface area contributed by atoms with E-state index in [9.17, 15) is 9.59 Å². The molecule has 0 unspecified atom stereocenters. The number of aryl methyl sites for hydroxylation is 1. The number of nitrogens with zero attached hydrogens (tertiary/aromatic N) is 3. The SMILES string of the molecule is COC(=O)c1ccc(Cn2nc(C)c(C=O)c2C)nc1. The molecule has 0 bridgehead atoms. The molecule has 6 nitrogen and oxygen atoms in total. The normalized spacial score (nSPS) is 10.3. The van der Waals surface area contributed by atoms with Crippen LogP contribution < -0.4 is 0 Å². The van der Waals surface area contributed by atoms with E-state index in [0.717, 1.165) is 17.7 Å². The highest BCUT2D eigenvalue weighted by Crippen LogP contribution is 2.12. The zero-order chi connectivity index (χ0) is 14.7. The highest BCUT2D eigenvalue weighted by molar-refractivity contribution is 5.88. The van der Waals surface area contributed by atoms with Gasteiger partial charge in [0.1, 0.15) is 0 Å². The highest BCUT2D eigenvalue weighted by Gasteiger charge is 2.11. The van der Waals surface area contributed by atoms with Gasteiger partial charge in [-0.15, -0.1) is 0 Å². The maximum absolute atomic E-state index is 11.3. The molecule has 0 saturated carbocycles. The molecule has 2 rings (SSSR count). The van der Waals surface area contributed by atoms with Gasteiger partial charge < -0.3 is 4.74 Å². The molecule has 0 amide bonds. The van der Waals surface area contributed by atoms with Crippen molar-refractivity contribution < 1.29 is 14.3 Å². The molecule has 20 heavy (non-hydrogen) atoms. The molecule has 0 aliphatic carbocycles. The van der Waals surface area contributed by atoms with Gasteiger partial charge in [-0.2, -0.15) is 5.10 Å². The van der Waals surface area contributed by atoms with Crippen molar-refractivity contribution in [3.05, 3.63) is 46.5 Å². The molecule has 0 spiro atoms. The van der Waals surface area contributed by atoms with E-state index in [0.29, 0.717) is 23.4 Å². The van der Waals surface area contributed by atoms with Gasteiger partial charge in [-0.05, 0) is 26.0 Å². The number of rotatable bonds is 4. The number of pyridine rings is 1. The van der Waals surface area contributed by atoms with Crippen LogP contribution in [0.15, 0.2) is 18.3 Å². The number of hydrogen-bond donors (Lipinski definition) is 0. The van der Waals surface area contributed by atoms with E-state index in [1.54, 1.807) is 23.7 Å². The fourth-order valence-electron chi connectivity index (χ4n) is 1.95. The van der Waals surface area contributed by atoms with Crippen LogP contribution in [-0.4, -0.2) is 34.1 Å². The van der Waals surface area contributed by atoms with Gasteiger partial charge in [0.25, 0.3) is 0 Å². The fourth-order valence-corrected chi connectivity index (χ4v) is 1.95. The lowest BCUT2D eigenvalue weighted by Gasteiger charge is -2.05. The van der Waals surface area contributed by atoms with Crippen molar-refractivity contribution in [3.63, 3.8) is 0 Å². The Kier molecular flexibility index (Phi) is 3.93. The van der Waals surface area contributed by atoms with Crippen molar-refractivity contribution in [3.8, 4) is 0 Å². The maximum atomic E-state index is 11.3. The quantitative estimate of drug-likeness (QED) is 0.624. The molecule has 0 radical (unpaired) electrons. The molecule has 0 aromatic carbocycles. The number of esters is 1. The van der Waals surface area contributed by atoms with E-state index in [1.807, 2.05) is 6.92 Å². The number of aldehydes is 1. The molecule has 6 heteroatoms. The summed E-state index contributed by atoms with van der Waals surface area (Å²) in [5.74, 6) is -0.418. The molecule has 0 fully saturated rings. The van der Waals surface area contributed by atoms with Crippen molar-refractivity contribution in [2.24, 2.45) is 0 Å². The standard InChI is InChI=1S/C14H15N3O3/c1-9-13(8-18)10(2)17(16-9)7-12-5-4-11(6-15-12)14(19)20-3/h4-6,8H,7H2,1-3H3. The minimum atomic E-state index is -0.418. The second-order valence-corrected chi connectivity index (χ2v) is 4.39. The average Bonchev–Trinajstić information content (AvgIpc) is 2.73. The predicted molar refractivity (Wildman–Crippen MR) is 71.8 cm³/mol. The van der Waals surface area contributed by atoms with Gasteiger partial charge in [-0.3, -0.25) is 14.5 Å². The van der Waals surface area contributed by atoms with E-state index in [4.69, 9.17) is 0 Å². The minimum absolute atomic E-state index is 0.401. The van der Waals surface area contributed by atoms with Gasteiger partial charge in [0.05, 0.1) is 36.2 Å². The van der Waals surface area contributed by atoms with Crippen molar-refractivity contribution in [1.29, 1.82) is 0 Å². The molecule has 0 saturated heterocycles. The van der Waals surface area contributed by atoms with E-state index in [2.05, 4.69) is 14.8 Å².